The number of phenolic OH excluding ortho intramolecular Hbond substituents is 2. The lowest BCUT2D eigenvalue weighted by Crippen LogP contribution is -2.35. The highest BCUT2D eigenvalue weighted by molar-refractivity contribution is 5.97. The monoisotopic (exact) mass is 512 g/mol. The van der Waals surface area contributed by atoms with Crippen LogP contribution in [0.25, 0.3) is 11.1 Å². The van der Waals surface area contributed by atoms with Crippen LogP contribution in [-0.2, 0) is 13.1 Å². The van der Waals surface area contributed by atoms with Gasteiger partial charge in [0.05, 0.1) is 24.1 Å². The van der Waals surface area contributed by atoms with Crippen molar-refractivity contribution in [2.24, 2.45) is 0 Å². The van der Waals surface area contributed by atoms with Crippen molar-refractivity contribution in [3.8, 4) is 22.6 Å². The molecule has 0 radical (unpaired) electrons. The third-order valence-electron chi connectivity index (χ3n) is 5.98. The quantitative estimate of drug-likeness (QED) is 0.335. The molecule has 0 atom stereocenters. The molecule has 1 aromatic heterocycles. The van der Waals surface area contributed by atoms with Crippen molar-refractivity contribution < 1.29 is 15.0 Å². The molecular weight excluding hydrogens is 487 g/mol. The number of H-pyrrole nitrogens is 1. The van der Waals surface area contributed by atoms with Crippen LogP contribution in [0.4, 0.5) is 5.69 Å². The Morgan fingerprint density at radius 3 is 2.49 bits per heavy atom. The van der Waals surface area contributed by atoms with Crippen molar-refractivity contribution >= 4 is 36.4 Å². The fourth-order valence-corrected chi connectivity index (χ4v) is 4.27. The number of aromatic amines is 1. The zero-order valence-electron chi connectivity index (χ0n) is 18.8. The van der Waals surface area contributed by atoms with E-state index in [1.54, 1.807) is 23.5 Å². The minimum Gasteiger partial charge on any atom is -0.504 e. The number of carbonyl (C=O) groups is 1. The number of aromatic nitrogens is 2. The summed E-state index contributed by atoms with van der Waals surface area (Å²) in [7, 11) is 0. The number of imidazole rings is 1. The first kappa shape index (κ1) is 25.9. The standard InChI is InChI=1S/C26H24N4O3.2ClH/c31-24-8-4-7-22(25(24)32)26(33)30-12-11-29(16-21-14-27-17-28-21)23-10-9-19(13-20(23)15-30)18-5-2-1-3-6-18;;/h1-10,13-14,17,31-32H,11-12,15-16H2,(H,27,28);2*1H. The molecule has 2 heterocycles. The Morgan fingerprint density at radius 2 is 1.74 bits per heavy atom. The van der Waals surface area contributed by atoms with E-state index in [1.165, 1.54) is 12.1 Å². The first-order valence-corrected chi connectivity index (χ1v) is 10.8. The van der Waals surface area contributed by atoms with Gasteiger partial charge in [-0.25, -0.2) is 4.98 Å². The average molecular weight is 513 g/mol. The molecule has 0 unspecified atom stereocenters. The Balaban J connectivity index is 0.00000171. The number of benzene rings is 3. The Kier molecular flexibility index (Phi) is 8.27. The number of aromatic hydroxyl groups is 2. The fourth-order valence-electron chi connectivity index (χ4n) is 4.27. The van der Waals surface area contributed by atoms with E-state index in [0.717, 1.165) is 28.1 Å². The molecule has 0 spiro atoms. The summed E-state index contributed by atoms with van der Waals surface area (Å²) in [6.07, 6.45) is 3.46. The van der Waals surface area contributed by atoms with Gasteiger partial charge in [-0.3, -0.25) is 4.79 Å². The number of rotatable bonds is 4. The summed E-state index contributed by atoms with van der Waals surface area (Å²) >= 11 is 0. The minimum atomic E-state index is -0.390. The number of hydrogen-bond acceptors (Lipinski definition) is 5. The Bertz CT molecular complexity index is 1280. The Hall–Kier alpha value is -3.68. The van der Waals surface area contributed by atoms with Crippen LogP contribution in [0.1, 0.15) is 21.6 Å². The second kappa shape index (κ2) is 11.2. The summed E-state index contributed by atoms with van der Waals surface area (Å²) in [4.78, 5) is 24.6. The smallest absolute Gasteiger partial charge is 0.258 e. The number of phenols is 2. The van der Waals surface area contributed by atoms with Gasteiger partial charge in [-0.05, 0) is 41.0 Å². The number of hydrogen-bond donors (Lipinski definition) is 3. The minimum absolute atomic E-state index is 0. The zero-order valence-corrected chi connectivity index (χ0v) is 20.4. The summed E-state index contributed by atoms with van der Waals surface area (Å²) in [5.74, 6) is -1.01. The van der Waals surface area contributed by atoms with E-state index >= 15 is 0 Å². The molecule has 1 aliphatic rings. The van der Waals surface area contributed by atoms with E-state index in [4.69, 9.17) is 0 Å². The van der Waals surface area contributed by atoms with Crippen molar-refractivity contribution in [3.63, 3.8) is 0 Å². The van der Waals surface area contributed by atoms with Crippen molar-refractivity contribution in [2.45, 2.75) is 13.1 Å². The van der Waals surface area contributed by atoms with E-state index < -0.39 is 0 Å². The van der Waals surface area contributed by atoms with Crippen LogP contribution >= 0.6 is 24.8 Å². The molecule has 4 aromatic rings. The highest BCUT2D eigenvalue weighted by atomic mass is 35.5. The maximum Gasteiger partial charge on any atom is 0.258 e. The third kappa shape index (κ3) is 5.37. The van der Waals surface area contributed by atoms with Gasteiger partial charge in [-0.15, -0.1) is 24.8 Å². The molecule has 5 rings (SSSR count). The number of carbonyl (C=O) groups excluding carboxylic acids is 1. The van der Waals surface area contributed by atoms with Crippen LogP contribution in [0.2, 0.25) is 0 Å². The largest absolute Gasteiger partial charge is 0.504 e. The summed E-state index contributed by atoms with van der Waals surface area (Å²) in [5, 5.41) is 20.1. The number of halogens is 2. The lowest BCUT2D eigenvalue weighted by Gasteiger charge is -2.24. The predicted octanol–water partition coefficient (Wildman–Crippen LogP) is 4.99. The molecule has 1 amide bonds. The number of nitrogens with zero attached hydrogens (tertiary/aromatic N) is 3. The molecule has 0 aliphatic carbocycles. The molecule has 3 N–H and O–H groups in total. The van der Waals surface area contributed by atoms with Crippen molar-refractivity contribution in [3.05, 3.63) is 96.1 Å². The molecule has 3 aromatic carbocycles. The van der Waals surface area contributed by atoms with Gasteiger partial charge in [-0.1, -0.05) is 42.5 Å². The van der Waals surface area contributed by atoms with Gasteiger partial charge in [0.2, 0.25) is 0 Å². The van der Waals surface area contributed by atoms with Crippen LogP contribution in [-0.4, -0.2) is 44.1 Å². The number of fused-ring (bicyclic) bond motifs is 1. The number of anilines is 1. The maximum absolute atomic E-state index is 13.3. The van der Waals surface area contributed by atoms with Crippen molar-refractivity contribution in [1.82, 2.24) is 14.9 Å². The second-order valence-corrected chi connectivity index (χ2v) is 8.11. The topological polar surface area (TPSA) is 92.7 Å². The fraction of sp³-hybridized carbons (Fsp3) is 0.154. The van der Waals surface area contributed by atoms with E-state index in [2.05, 4.69) is 45.2 Å². The van der Waals surface area contributed by atoms with Crippen LogP contribution in [0, 0.1) is 0 Å². The lowest BCUT2D eigenvalue weighted by atomic mass is 10.0. The van der Waals surface area contributed by atoms with Gasteiger partial charge in [0.25, 0.3) is 5.91 Å². The molecule has 9 heteroatoms. The molecule has 0 fully saturated rings. The molecule has 0 saturated carbocycles. The number of para-hydroxylation sites is 1. The van der Waals surface area contributed by atoms with E-state index in [9.17, 15) is 15.0 Å². The van der Waals surface area contributed by atoms with Crippen LogP contribution < -0.4 is 4.90 Å². The highest BCUT2D eigenvalue weighted by Crippen LogP contribution is 2.34. The van der Waals surface area contributed by atoms with Gasteiger partial charge < -0.3 is 25.0 Å². The average Bonchev–Trinajstić information content (AvgIpc) is 3.29. The van der Waals surface area contributed by atoms with Crippen LogP contribution in [0.3, 0.4) is 0 Å². The summed E-state index contributed by atoms with van der Waals surface area (Å²) in [6.45, 7) is 2.11. The SMILES string of the molecule is Cl.Cl.O=C(c1cccc(O)c1O)N1CCN(Cc2cnc[nH]2)c2ccc(-c3ccccc3)cc2C1. The Morgan fingerprint density at radius 1 is 0.943 bits per heavy atom. The van der Waals surface area contributed by atoms with Gasteiger partial charge in [0, 0.05) is 31.5 Å². The molecule has 35 heavy (non-hydrogen) atoms. The van der Waals surface area contributed by atoms with Crippen LogP contribution in [0.15, 0.2) is 79.3 Å². The van der Waals surface area contributed by atoms with Gasteiger partial charge in [0.15, 0.2) is 11.5 Å². The molecule has 0 saturated heterocycles. The molecule has 182 valence electrons. The molecule has 7 nitrogen and oxygen atoms in total. The van der Waals surface area contributed by atoms with Crippen molar-refractivity contribution in [1.29, 1.82) is 0 Å². The van der Waals surface area contributed by atoms with Gasteiger partial charge in [0.1, 0.15) is 0 Å². The lowest BCUT2D eigenvalue weighted by molar-refractivity contribution is 0.0747. The predicted molar refractivity (Wildman–Crippen MR) is 141 cm³/mol. The Labute approximate surface area is 215 Å². The second-order valence-electron chi connectivity index (χ2n) is 8.11. The first-order valence-electron chi connectivity index (χ1n) is 10.8. The van der Waals surface area contributed by atoms with Crippen molar-refractivity contribution in [2.75, 3.05) is 18.0 Å². The molecule has 0 bridgehead atoms. The number of amides is 1. The summed E-state index contributed by atoms with van der Waals surface area (Å²) in [5.41, 5.74) is 5.33. The van der Waals surface area contributed by atoms with E-state index in [1.807, 2.05) is 18.2 Å². The normalized spacial score (nSPS) is 12.7. The highest BCUT2D eigenvalue weighted by Gasteiger charge is 2.26. The van der Waals surface area contributed by atoms with Gasteiger partial charge >= 0.3 is 0 Å². The first-order chi connectivity index (χ1) is 16.1. The zero-order chi connectivity index (χ0) is 22.8. The van der Waals surface area contributed by atoms with E-state index in [-0.39, 0.29) is 47.8 Å². The van der Waals surface area contributed by atoms with E-state index in [0.29, 0.717) is 26.2 Å². The summed E-state index contributed by atoms with van der Waals surface area (Å²) in [6, 6.07) is 20.9. The molecular formula is C26H26Cl2N4O3. The summed E-state index contributed by atoms with van der Waals surface area (Å²) < 4.78 is 0. The number of nitrogens with one attached hydrogen (secondary N) is 1. The third-order valence-corrected chi connectivity index (χ3v) is 5.98. The molecule has 1 aliphatic heterocycles. The van der Waals surface area contributed by atoms with Gasteiger partial charge in [-0.2, -0.15) is 0 Å². The maximum atomic E-state index is 13.3. The van der Waals surface area contributed by atoms with Crippen LogP contribution in [0.5, 0.6) is 11.5 Å².